The highest BCUT2D eigenvalue weighted by molar-refractivity contribution is 5.85. The van der Waals surface area contributed by atoms with Gasteiger partial charge >= 0.3 is 0 Å². The lowest BCUT2D eigenvalue weighted by atomic mass is 10.3. The molecule has 0 saturated heterocycles. The molecule has 0 saturated carbocycles. The van der Waals surface area contributed by atoms with Crippen molar-refractivity contribution in [1.82, 2.24) is 9.80 Å². The highest BCUT2D eigenvalue weighted by Gasteiger charge is 2.24. The Morgan fingerprint density at radius 2 is 1.79 bits per heavy atom. The van der Waals surface area contributed by atoms with Crippen molar-refractivity contribution in [3.63, 3.8) is 0 Å². The summed E-state index contributed by atoms with van der Waals surface area (Å²) in [4.78, 5) is 28.8. The molecule has 2 aromatic rings. The zero-order chi connectivity index (χ0) is 21.2. The van der Waals surface area contributed by atoms with Gasteiger partial charge in [0.15, 0.2) is 6.61 Å². The number of ether oxygens (including phenoxy) is 2. The second-order valence-corrected chi connectivity index (χ2v) is 7.04. The minimum Gasteiger partial charge on any atom is -0.484 e. The highest BCUT2D eigenvalue weighted by Crippen LogP contribution is 2.12. The maximum absolute atomic E-state index is 12.9. The SMILES string of the molecule is COCCN(Cc1ccc(C)o1)C(=O)CN(C(=O)COc1ccccc1)C(C)C. The number of furan rings is 1. The fourth-order valence-corrected chi connectivity index (χ4v) is 2.80. The lowest BCUT2D eigenvalue weighted by Crippen LogP contribution is -2.47. The van der Waals surface area contributed by atoms with E-state index in [2.05, 4.69) is 0 Å². The van der Waals surface area contributed by atoms with Gasteiger partial charge < -0.3 is 23.7 Å². The van der Waals surface area contributed by atoms with Gasteiger partial charge in [-0.25, -0.2) is 0 Å². The third-order valence-corrected chi connectivity index (χ3v) is 4.42. The number of aryl methyl sites for hydroxylation is 1. The Bertz CT molecular complexity index is 773. The first kappa shape index (κ1) is 22.5. The van der Waals surface area contributed by atoms with Crippen LogP contribution in [-0.2, 0) is 20.9 Å². The molecule has 0 bridgehead atoms. The van der Waals surface area contributed by atoms with Crippen LogP contribution in [0, 0.1) is 6.92 Å². The summed E-state index contributed by atoms with van der Waals surface area (Å²) in [5, 5.41) is 0. The van der Waals surface area contributed by atoms with Crippen molar-refractivity contribution in [2.75, 3.05) is 33.4 Å². The summed E-state index contributed by atoms with van der Waals surface area (Å²) in [6.07, 6.45) is 0. The average molecular weight is 402 g/mol. The van der Waals surface area contributed by atoms with Gasteiger partial charge in [0.05, 0.1) is 13.2 Å². The second kappa shape index (κ2) is 11.3. The lowest BCUT2D eigenvalue weighted by Gasteiger charge is -2.29. The number of hydrogen-bond donors (Lipinski definition) is 0. The fraction of sp³-hybridized carbons (Fsp3) is 0.455. The van der Waals surface area contributed by atoms with Crippen LogP contribution < -0.4 is 4.74 Å². The van der Waals surface area contributed by atoms with Gasteiger partial charge in [-0.1, -0.05) is 18.2 Å². The summed E-state index contributed by atoms with van der Waals surface area (Å²) in [6, 6.07) is 12.7. The normalized spacial score (nSPS) is 10.8. The number of para-hydroxylation sites is 1. The van der Waals surface area contributed by atoms with E-state index in [0.29, 0.717) is 31.2 Å². The van der Waals surface area contributed by atoms with E-state index in [-0.39, 0.29) is 31.0 Å². The average Bonchev–Trinajstić information content (AvgIpc) is 3.12. The maximum atomic E-state index is 12.9. The molecule has 0 radical (unpaired) electrons. The van der Waals surface area contributed by atoms with Crippen LogP contribution in [0.1, 0.15) is 25.4 Å². The summed E-state index contributed by atoms with van der Waals surface area (Å²) >= 11 is 0. The Morgan fingerprint density at radius 1 is 1.07 bits per heavy atom. The molecule has 0 aliphatic carbocycles. The predicted octanol–water partition coefficient (Wildman–Crippen LogP) is 2.88. The first-order chi connectivity index (χ1) is 13.9. The van der Waals surface area contributed by atoms with E-state index >= 15 is 0 Å². The summed E-state index contributed by atoms with van der Waals surface area (Å²) in [6.45, 7) is 6.61. The van der Waals surface area contributed by atoms with Crippen molar-refractivity contribution >= 4 is 11.8 Å². The number of methoxy groups -OCH3 is 1. The minimum absolute atomic E-state index is 0.0297. The Hall–Kier alpha value is -2.80. The molecule has 0 atom stereocenters. The van der Waals surface area contributed by atoms with Gasteiger partial charge in [0.1, 0.15) is 23.8 Å². The molecule has 7 nitrogen and oxygen atoms in total. The van der Waals surface area contributed by atoms with Crippen molar-refractivity contribution in [1.29, 1.82) is 0 Å². The van der Waals surface area contributed by atoms with Crippen molar-refractivity contribution in [2.24, 2.45) is 0 Å². The quantitative estimate of drug-likeness (QED) is 0.578. The molecular formula is C22H30N2O5. The molecule has 0 fully saturated rings. The monoisotopic (exact) mass is 402 g/mol. The van der Waals surface area contributed by atoms with E-state index in [4.69, 9.17) is 13.9 Å². The number of carbonyl (C=O) groups is 2. The zero-order valence-corrected chi connectivity index (χ0v) is 17.6. The summed E-state index contributed by atoms with van der Waals surface area (Å²) in [7, 11) is 1.59. The van der Waals surface area contributed by atoms with Gasteiger partial charge in [0.2, 0.25) is 5.91 Å². The van der Waals surface area contributed by atoms with Crippen molar-refractivity contribution in [2.45, 2.75) is 33.4 Å². The first-order valence-corrected chi connectivity index (χ1v) is 9.70. The van der Waals surface area contributed by atoms with Crippen LogP contribution in [0.2, 0.25) is 0 Å². The smallest absolute Gasteiger partial charge is 0.261 e. The molecule has 0 spiro atoms. The molecule has 0 aliphatic rings. The van der Waals surface area contributed by atoms with Crippen LogP contribution in [0.4, 0.5) is 0 Å². The molecule has 2 amide bonds. The summed E-state index contributed by atoms with van der Waals surface area (Å²) in [5.74, 6) is 1.69. The van der Waals surface area contributed by atoms with Crippen molar-refractivity contribution < 1.29 is 23.5 Å². The number of rotatable bonds is 11. The van der Waals surface area contributed by atoms with Crippen LogP contribution in [-0.4, -0.2) is 61.1 Å². The van der Waals surface area contributed by atoms with Crippen molar-refractivity contribution in [3.05, 3.63) is 54.0 Å². The molecule has 1 aromatic carbocycles. The largest absolute Gasteiger partial charge is 0.484 e. The van der Waals surface area contributed by atoms with Crippen LogP contribution >= 0.6 is 0 Å². The second-order valence-electron chi connectivity index (χ2n) is 7.04. The molecule has 1 aromatic heterocycles. The van der Waals surface area contributed by atoms with Gasteiger partial charge in [-0.15, -0.1) is 0 Å². The highest BCUT2D eigenvalue weighted by atomic mass is 16.5. The number of carbonyl (C=O) groups excluding carboxylic acids is 2. The molecule has 29 heavy (non-hydrogen) atoms. The summed E-state index contributed by atoms with van der Waals surface area (Å²) in [5.41, 5.74) is 0. The number of benzene rings is 1. The van der Waals surface area contributed by atoms with Gasteiger partial charge in [-0.3, -0.25) is 9.59 Å². The molecule has 0 N–H and O–H groups in total. The van der Waals surface area contributed by atoms with Gasteiger partial charge in [-0.05, 0) is 45.0 Å². The number of amides is 2. The molecule has 158 valence electrons. The molecule has 1 heterocycles. The van der Waals surface area contributed by atoms with E-state index in [1.54, 1.807) is 24.1 Å². The van der Waals surface area contributed by atoms with Gasteiger partial charge in [0.25, 0.3) is 5.91 Å². The Labute approximate surface area is 172 Å². The number of nitrogens with zero attached hydrogens (tertiary/aromatic N) is 2. The topological polar surface area (TPSA) is 72.2 Å². The Kier molecular flexibility index (Phi) is 8.73. The maximum Gasteiger partial charge on any atom is 0.261 e. The molecule has 2 rings (SSSR count). The Balaban J connectivity index is 2.00. The van der Waals surface area contributed by atoms with Gasteiger partial charge in [-0.2, -0.15) is 0 Å². The van der Waals surface area contributed by atoms with E-state index in [9.17, 15) is 9.59 Å². The first-order valence-electron chi connectivity index (χ1n) is 9.70. The summed E-state index contributed by atoms with van der Waals surface area (Å²) < 4.78 is 16.3. The third-order valence-electron chi connectivity index (χ3n) is 4.42. The van der Waals surface area contributed by atoms with E-state index in [0.717, 1.165) is 5.76 Å². The van der Waals surface area contributed by atoms with Crippen LogP contribution in [0.3, 0.4) is 0 Å². The predicted molar refractivity (Wildman–Crippen MR) is 110 cm³/mol. The van der Waals surface area contributed by atoms with Crippen LogP contribution in [0.5, 0.6) is 5.75 Å². The van der Waals surface area contributed by atoms with E-state index < -0.39 is 0 Å². The standard InChI is InChI=1S/C22H30N2O5/c1-17(2)24(22(26)16-28-19-8-6-5-7-9-19)15-21(25)23(12-13-27-4)14-20-11-10-18(3)29-20/h5-11,17H,12-16H2,1-4H3. The fourth-order valence-electron chi connectivity index (χ4n) is 2.80. The van der Waals surface area contributed by atoms with Crippen LogP contribution in [0.15, 0.2) is 46.9 Å². The zero-order valence-electron chi connectivity index (χ0n) is 17.6. The Morgan fingerprint density at radius 3 is 2.38 bits per heavy atom. The number of hydrogen-bond acceptors (Lipinski definition) is 5. The molecule has 7 heteroatoms. The van der Waals surface area contributed by atoms with Crippen LogP contribution in [0.25, 0.3) is 0 Å². The lowest BCUT2D eigenvalue weighted by molar-refractivity contribution is -0.144. The van der Waals surface area contributed by atoms with E-state index in [1.165, 1.54) is 4.90 Å². The molecular weight excluding hydrogens is 372 g/mol. The van der Waals surface area contributed by atoms with E-state index in [1.807, 2.05) is 51.1 Å². The minimum atomic E-state index is -0.238. The third kappa shape index (κ3) is 7.27. The molecule has 0 aliphatic heterocycles. The molecule has 0 unspecified atom stereocenters. The van der Waals surface area contributed by atoms with Crippen molar-refractivity contribution in [3.8, 4) is 5.75 Å². The van der Waals surface area contributed by atoms with Gasteiger partial charge in [0, 0.05) is 19.7 Å².